The smallest absolute Gasteiger partial charge is 0.234 e. The van der Waals surface area contributed by atoms with Crippen LogP contribution in [0.2, 0.25) is 0 Å². The molecule has 0 aromatic heterocycles. The molecule has 1 fully saturated rings. The Morgan fingerprint density at radius 3 is 2.43 bits per heavy atom. The van der Waals surface area contributed by atoms with Crippen molar-refractivity contribution in [2.45, 2.75) is 37.8 Å². The molecule has 2 aromatic carbocycles. The third kappa shape index (κ3) is 4.73. The van der Waals surface area contributed by atoms with Crippen LogP contribution in [0.4, 0.5) is 10.1 Å². The van der Waals surface area contributed by atoms with Crippen LogP contribution in [0.3, 0.4) is 0 Å². The maximum atomic E-state index is 13.4. The highest BCUT2D eigenvalue weighted by molar-refractivity contribution is 8.16. The molecule has 30 heavy (non-hydrogen) atoms. The second-order valence-electron chi connectivity index (χ2n) is 7.49. The van der Waals surface area contributed by atoms with E-state index in [0.717, 1.165) is 47.8 Å². The van der Waals surface area contributed by atoms with Gasteiger partial charge in [-0.25, -0.2) is 9.38 Å². The van der Waals surface area contributed by atoms with E-state index in [-0.39, 0.29) is 17.5 Å². The standard InChI is InChI=1S/C23H24FN3O2S/c1-29-19-11-9-18(10-12-19)25-20(28)15-30-22-21(16-5-7-17(24)8-6-16)26-23(27-22)13-3-2-4-14-23/h5-12H,2-4,13-15H2,1H3,(H,25,28). The minimum absolute atomic E-state index is 0.115. The van der Waals surface area contributed by atoms with Gasteiger partial charge in [-0.2, -0.15) is 0 Å². The molecule has 0 saturated heterocycles. The van der Waals surface area contributed by atoms with Crippen molar-refractivity contribution in [2.75, 3.05) is 18.2 Å². The highest BCUT2D eigenvalue weighted by atomic mass is 32.2. The number of nitrogens with one attached hydrogen (secondary N) is 1. The Kier molecular flexibility index (Phi) is 6.18. The van der Waals surface area contributed by atoms with Crippen LogP contribution in [-0.4, -0.2) is 35.2 Å². The van der Waals surface area contributed by atoms with E-state index in [2.05, 4.69) is 5.32 Å². The fourth-order valence-electron chi connectivity index (χ4n) is 3.77. The fourth-order valence-corrected chi connectivity index (χ4v) is 4.64. The zero-order valence-electron chi connectivity index (χ0n) is 16.9. The number of thioether (sulfide) groups is 1. The first-order valence-corrected chi connectivity index (χ1v) is 11.1. The number of amides is 1. The summed E-state index contributed by atoms with van der Waals surface area (Å²) in [6.45, 7) is 0. The Morgan fingerprint density at radius 2 is 1.77 bits per heavy atom. The number of benzene rings is 2. The van der Waals surface area contributed by atoms with Crippen molar-refractivity contribution in [3.63, 3.8) is 0 Å². The third-order valence-electron chi connectivity index (χ3n) is 5.32. The Balaban J connectivity index is 1.47. The van der Waals surface area contributed by atoms with E-state index in [1.165, 1.54) is 30.3 Å². The number of rotatable bonds is 5. The average molecular weight is 426 g/mol. The van der Waals surface area contributed by atoms with Crippen LogP contribution in [0.25, 0.3) is 0 Å². The van der Waals surface area contributed by atoms with Gasteiger partial charge >= 0.3 is 0 Å². The van der Waals surface area contributed by atoms with Crippen LogP contribution in [0.5, 0.6) is 5.75 Å². The normalized spacial score (nSPS) is 17.4. The van der Waals surface area contributed by atoms with E-state index in [0.29, 0.717) is 5.69 Å². The van der Waals surface area contributed by atoms with E-state index < -0.39 is 5.66 Å². The fraction of sp³-hybridized carbons (Fsp3) is 0.348. The maximum Gasteiger partial charge on any atom is 0.234 e. The van der Waals surface area contributed by atoms with E-state index in [4.69, 9.17) is 14.7 Å². The molecule has 1 heterocycles. The van der Waals surface area contributed by atoms with Crippen molar-refractivity contribution < 1.29 is 13.9 Å². The molecule has 2 aliphatic rings. The van der Waals surface area contributed by atoms with Gasteiger partial charge in [0.05, 0.1) is 18.6 Å². The van der Waals surface area contributed by atoms with Gasteiger partial charge in [0.15, 0.2) is 5.66 Å². The molecule has 1 amide bonds. The lowest BCUT2D eigenvalue weighted by molar-refractivity contribution is -0.113. The number of carbonyl (C=O) groups is 1. The number of nitrogens with zero attached hydrogens (tertiary/aromatic N) is 2. The number of ether oxygens (including phenoxy) is 1. The van der Waals surface area contributed by atoms with Gasteiger partial charge in [0, 0.05) is 11.3 Å². The number of carbonyl (C=O) groups excluding carboxylic acids is 1. The predicted octanol–water partition coefficient (Wildman–Crippen LogP) is 5.07. The minimum atomic E-state index is -0.420. The zero-order chi connectivity index (χ0) is 21.0. The van der Waals surface area contributed by atoms with Gasteiger partial charge in [0.1, 0.15) is 16.6 Å². The highest BCUT2D eigenvalue weighted by Crippen LogP contribution is 2.38. The number of hydrogen-bond acceptors (Lipinski definition) is 5. The molecule has 1 aliphatic carbocycles. The summed E-state index contributed by atoms with van der Waals surface area (Å²) in [6.07, 6.45) is 5.23. The van der Waals surface area contributed by atoms with E-state index in [1.807, 2.05) is 0 Å². The molecular weight excluding hydrogens is 401 g/mol. The molecule has 0 atom stereocenters. The molecule has 2 aromatic rings. The number of halogens is 1. The summed E-state index contributed by atoms with van der Waals surface area (Å²) in [7, 11) is 1.60. The minimum Gasteiger partial charge on any atom is -0.497 e. The maximum absolute atomic E-state index is 13.4. The van der Waals surface area contributed by atoms with Crippen LogP contribution >= 0.6 is 11.8 Å². The van der Waals surface area contributed by atoms with Crippen molar-refractivity contribution in [1.29, 1.82) is 0 Å². The predicted molar refractivity (Wildman–Crippen MR) is 120 cm³/mol. The SMILES string of the molecule is COc1ccc(NC(=O)CSC2=NC3(CCCCC3)N=C2c2ccc(F)cc2)cc1. The lowest BCUT2D eigenvalue weighted by Gasteiger charge is -2.27. The van der Waals surface area contributed by atoms with E-state index in [9.17, 15) is 9.18 Å². The number of aliphatic imine (C=N–C) groups is 2. The lowest BCUT2D eigenvalue weighted by atomic mass is 9.90. The average Bonchev–Trinajstić information content (AvgIpc) is 3.11. The zero-order valence-corrected chi connectivity index (χ0v) is 17.7. The monoisotopic (exact) mass is 425 g/mol. The molecule has 0 unspecified atom stereocenters. The highest BCUT2D eigenvalue weighted by Gasteiger charge is 2.37. The summed E-state index contributed by atoms with van der Waals surface area (Å²) in [5.74, 6) is 0.563. The quantitative estimate of drug-likeness (QED) is 0.728. The summed E-state index contributed by atoms with van der Waals surface area (Å²) in [5, 5.41) is 3.65. The second kappa shape index (κ2) is 9.00. The first-order valence-electron chi connectivity index (χ1n) is 10.1. The summed E-state index contributed by atoms with van der Waals surface area (Å²) in [4.78, 5) is 22.4. The molecule has 5 nitrogen and oxygen atoms in total. The number of anilines is 1. The van der Waals surface area contributed by atoms with Gasteiger partial charge in [-0.1, -0.05) is 18.2 Å². The molecular formula is C23H24FN3O2S. The van der Waals surface area contributed by atoms with Gasteiger partial charge in [-0.15, -0.1) is 0 Å². The first-order chi connectivity index (χ1) is 14.6. The van der Waals surface area contributed by atoms with Crippen molar-refractivity contribution in [2.24, 2.45) is 9.98 Å². The Bertz CT molecular complexity index is 965. The number of hydrogen-bond donors (Lipinski definition) is 1. The lowest BCUT2D eigenvalue weighted by Crippen LogP contribution is -2.25. The second-order valence-corrected chi connectivity index (χ2v) is 8.46. The molecule has 1 spiro atoms. The topological polar surface area (TPSA) is 63.0 Å². The van der Waals surface area contributed by atoms with Gasteiger partial charge in [-0.05, 0) is 74.2 Å². The van der Waals surface area contributed by atoms with Crippen LogP contribution in [0, 0.1) is 5.82 Å². The largest absolute Gasteiger partial charge is 0.497 e. The van der Waals surface area contributed by atoms with E-state index in [1.54, 1.807) is 43.5 Å². The summed E-state index contributed by atoms with van der Waals surface area (Å²) < 4.78 is 18.5. The summed E-state index contributed by atoms with van der Waals surface area (Å²) in [6, 6.07) is 13.5. The molecule has 1 saturated carbocycles. The van der Waals surface area contributed by atoms with Crippen molar-refractivity contribution in [3.05, 3.63) is 59.9 Å². The molecule has 1 aliphatic heterocycles. The molecule has 4 rings (SSSR count). The van der Waals surface area contributed by atoms with Crippen LogP contribution < -0.4 is 10.1 Å². The molecule has 156 valence electrons. The van der Waals surface area contributed by atoms with Crippen LogP contribution in [0.15, 0.2) is 58.5 Å². The van der Waals surface area contributed by atoms with E-state index >= 15 is 0 Å². The Morgan fingerprint density at radius 1 is 1.07 bits per heavy atom. The van der Waals surface area contributed by atoms with Crippen LogP contribution in [0.1, 0.15) is 37.7 Å². The Hall–Kier alpha value is -2.67. The molecule has 0 radical (unpaired) electrons. The number of methoxy groups -OCH3 is 1. The van der Waals surface area contributed by atoms with Crippen molar-refractivity contribution in [3.8, 4) is 5.75 Å². The Labute approximate surface area is 179 Å². The molecule has 1 N–H and O–H groups in total. The van der Waals surface area contributed by atoms with Gasteiger partial charge in [-0.3, -0.25) is 9.79 Å². The summed E-state index contributed by atoms with van der Waals surface area (Å²) in [5.41, 5.74) is 1.89. The summed E-state index contributed by atoms with van der Waals surface area (Å²) >= 11 is 1.38. The van der Waals surface area contributed by atoms with Gasteiger partial charge < -0.3 is 10.1 Å². The first kappa shape index (κ1) is 20.6. The van der Waals surface area contributed by atoms with Crippen molar-refractivity contribution >= 4 is 34.1 Å². The van der Waals surface area contributed by atoms with Crippen molar-refractivity contribution in [1.82, 2.24) is 0 Å². The van der Waals surface area contributed by atoms with Crippen LogP contribution in [-0.2, 0) is 4.79 Å². The van der Waals surface area contributed by atoms with Gasteiger partial charge in [0.25, 0.3) is 0 Å². The molecule has 7 heteroatoms. The van der Waals surface area contributed by atoms with Gasteiger partial charge in [0.2, 0.25) is 5.91 Å². The molecule has 0 bridgehead atoms. The third-order valence-corrected chi connectivity index (χ3v) is 6.28.